The first kappa shape index (κ1) is 9.02. The third-order valence-electron chi connectivity index (χ3n) is 1.45. The molecule has 4 nitrogen and oxygen atoms in total. The van der Waals surface area contributed by atoms with E-state index in [1.807, 2.05) is 0 Å². The summed E-state index contributed by atoms with van der Waals surface area (Å²) in [7, 11) is 2.98. The maximum absolute atomic E-state index is 11.4. The highest BCUT2D eigenvalue weighted by Gasteiger charge is 2.15. The summed E-state index contributed by atoms with van der Waals surface area (Å²) in [5.74, 6) is -0.218. The molecule has 1 aromatic rings. The minimum absolute atomic E-state index is 0.218. The van der Waals surface area contributed by atoms with E-state index >= 15 is 0 Å². The van der Waals surface area contributed by atoms with Crippen molar-refractivity contribution in [1.29, 1.82) is 0 Å². The number of carbonyl (C=O) groups excluding carboxylic acids is 1. The second kappa shape index (κ2) is 3.55. The van der Waals surface area contributed by atoms with E-state index in [9.17, 15) is 4.79 Å². The van der Waals surface area contributed by atoms with Crippen LogP contribution in [0.3, 0.4) is 0 Å². The number of nitrogens with zero attached hydrogens (tertiary/aromatic N) is 1. The second-order valence-electron chi connectivity index (χ2n) is 2.19. The number of nitrogens with two attached hydrogens (primary N) is 1. The Morgan fingerprint density at radius 2 is 2.42 bits per heavy atom. The minimum atomic E-state index is -0.218. The summed E-state index contributed by atoms with van der Waals surface area (Å²) in [5.41, 5.74) is 6.04. The lowest BCUT2D eigenvalue weighted by molar-refractivity contribution is -0.0753. The molecular weight excluding hydrogens is 176 g/mol. The Morgan fingerprint density at radius 3 is 2.83 bits per heavy atom. The average molecular weight is 186 g/mol. The second-order valence-corrected chi connectivity index (χ2v) is 3.11. The summed E-state index contributed by atoms with van der Waals surface area (Å²) >= 11 is 1.31. The predicted molar refractivity (Wildman–Crippen MR) is 47.8 cm³/mol. The van der Waals surface area contributed by atoms with E-state index in [1.165, 1.54) is 18.4 Å². The fraction of sp³-hybridized carbons (Fsp3) is 0.286. The highest BCUT2D eigenvalue weighted by molar-refractivity contribution is 7.12. The standard InChI is InChI=1S/C7H10N2O2S/c1-9(11-2)7(10)6-5(8)3-4-12-6/h3-4H,8H2,1-2H3. The molecular formula is C7H10N2O2S. The monoisotopic (exact) mass is 186 g/mol. The molecule has 66 valence electrons. The maximum atomic E-state index is 11.4. The van der Waals surface area contributed by atoms with Crippen molar-refractivity contribution in [2.24, 2.45) is 0 Å². The van der Waals surface area contributed by atoms with Crippen LogP contribution in [0.15, 0.2) is 11.4 Å². The smallest absolute Gasteiger partial charge is 0.289 e. The largest absolute Gasteiger partial charge is 0.397 e. The Kier molecular flexibility index (Phi) is 2.67. The van der Waals surface area contributed by atoms with Crippen molar-refractivity contribution < 1.29 is 9.63 Å². The van der Waals surface area contributed by atoms with Gasteiger partial charge in [-0.3, -0.25) is 9.63 Å². The number of nitrogen functional groups attached to an aromatic ring is 1. The van der Waals surface area contributed by atoms with Gasteiger partial charge in [-0.2, -0.15) is 0 Å². The first-order valence-corrected chi connectivity index (χ1v) is 4.20. The first-order chi connectivity index (χ1) is 5.66. The van der Waals surface area contributed by atoms with Crippen LogP contribution in [0.25, 0.3) is 0 Å². The van der Waals surface area contributed by atoms with E-state index < -0.39 is 0 Å². The van der Waals surface area contributed by atoms with Crippen molar-refractivity contribution in [2.45, 2.75) is 0 Å². The van der Waals surface area contributed by atoms with E-state index in [2.05, 4.69) is 0 Å². The van der Waals surface area contributed by atoms with Crippen LogP contribution in [-0.2, 0) is 4.84 Å². The molecule has 0 bridgehead atoms. The highest BCUT2D eigenvalue weighted by Crippen LogP contribution is 2.20. The molecule has 0 aliphatic carbocycles. The van der Waals surface area contributed by atoms with Crippen molar-refractivity contribution in [3.8, 4) is 0 Å². The number of amides is 1. The molecule has 0 aromatic carbocycles. The van der Waals surface area contributed by atoms with Gasteiger partial charge < -0.3 is 5.73 Å². The van der Waals surface area contributed by atoms with Gasteiger partial charge in [0.25, 0.3) is 5.91 Å². The van der Waals surface area contributed by atoms with E-state index in [4.69, 9.17) is 10.6 Å². The Morgan fingerprint density at radius 1 is 1.75 bits per heavy atom. The molecule has 1 heterocycles. The quantitative estimate of drug-likeness (QED) is 0.700. The van der Waals surface area contributed by atoms with Crippen molar-refractivity contribution in [3.05, 3.63) is 16.3 Å². The predicted octanol–water partition coefficient (Wildman–Crippen LogP) is 0.964. The first-order valence-electron chi connectivity index (χ1n) is 3.32. The normalized spacial score (nSPS) is 9.83. The Labute approximate surface area is 74.5 Å². The molecule has 2 N–H and O–H groups in total. The number of hydrogen-bond donors (Lipinski definition) is 1. The Balaban J connectivity index is 2.85. The maximum Gasteiger partial charge on any atom is 0.289 e. The van der Waals surface area contributed by atoms with Gasteiger partial charge in [-0.1, -0.05) is 0 Å². The highest BCUT2D eigenvalue weighted by atomic mass is 32.1. The van der Waals surface area contributed by atoms with Crippen LogP contribution < -0.4 is 5.73 Å². The lowest BCUT2D eigenvalue weighted by Crippen LogP contribution is -2.25. The van der Waals surface area contributed by atoms with Crippen LogP contribution in [-0.4, -0.2) is 25.1 Å². The van der Waals surface area contributed by atoms with Gasteiger partial charge in [-0.25, -0.2) is 5.06 Å². The van der Waals surface area contributed by atoms with Crippen molar-refractivity contribution in [3.63, 3.8) is 0 Å². The van der Waals surface area contributed by atoms with Gasteiger partial charge in [0.05, 0.1) is 12.8 Å². The number of anilines is 1. The van der Waals surface area contributed by atoms with Gasteiger partial charge in [0.2, 0.25) is 0 Å². The lowest BCUT2D eigenvalue weighted by Gasteiger charge is -2.12. The van der Waals surface area contributed by atoms with Crippen LogP contribution in [0.2, 0.25) is 0 Å². The fourth-order valence-electron chi connectivity index (χ4n) is 0.719. The summed E-state index contributed by atoms with van der Waals surface area (Å²) in [4.78, 5) is 16.6. The number of rotatable bonds is 2. The van der Waals surface area contributed by atoms with E-state index in [-0.39, 0.29) is 5.91 Å². The molecule has 5 heteroatoms. The van der Waals surface area contributed by atoms with Gasteiger partial charge in [0, 0.05) is 7.05 Å². The summed E-state index contributed by atoms with van der Waals surface area (Å²) in [6.07, 6.45) is 0. The molecule has 0 radical (unpaired) electrons. The summed E-state index contributed by atoms with van der Waals surface area (Å²) < 4.78 is 0. The van der Waals surface area contributed by atoms with E-state index in [1.54, 1.807) is 18.5 Å². The zero-order valence-electron chi connectivity index (χ0n) is 6.90. The number of carbonyl (C=O) groups is 1. The van der Waals surface area contributed by atoms with Crippen LogP contribution >= 0.6 is 11.3 Å². The zero-order valence-corrected chi connectivity index (χ0v) is 7.72. The number of hydrogen-bond acceptors (Lipinski definition) is 4. The third kappa shape index (κ3) is 1.57. The Hall–Kier alpha value is -1.07. The van der Waals surface area contributed by atoms with Gasteiger partial charge in [-0.05, 0) is 11.4 Å². The molecule has 0 atom stereocenters. The lowest BCUT2D eigenvalue weighted by atomic mass is 10.4. The molecule has 0 spiro atoms. The fourth-order valence-corrected chi connectivity index (χ4v) is 1.50. The van der Waals surface area contributed by atoms with Gasteiger partial charge in [0.1, 0.15) is 4.88 Å². The van der Waals surface area contributed by atoms with Crippen LogP contribution in [0.4, 0.5) is 5.69 Å². The minimum Gasteiger partial charge on any atom is -0.397 e. The van der Waals surface area contributed by atoms with E-state index in [0.717, 1.165) is 5.06 Å². The van der Waals surface area contributed by atoms with Crippen molar-refractivity contribution in [1.82, 2.24) is 5.06 Å². The van der Waals surface area contributed by atoms with Crippen LogP contribution in [0.5, 0.6) is 0 Å². The summed E-state index contributed by atoms with van der Waals surface area (Å²) in [5, 5.41) is 2.91. The van der Waals surface area contributed by atoms with Gasteiger partial charge in [0.15, 0.2) is 0 Å². The third-order valence-corrected chi connectivity index (χ3v) is 2.37. The molecule has 1 rings (SSSR count). The van der Waals surface area contributed by atoms with Gasteiger partial charge in [-0.15, -0.1) is 11.3 Å². The van der Waals surface area contributed by atoms with Crippen molar-refractivity contribution >= 4 is 22.9 Å². The average Bonchev–Trinajstić information content (AvgIpc) is 2.48. The molecule has 0 aliphatic rings. The molecule has 1 aromatic heterocycles. The molecule has 0 aliphatic heterocycles. The Bertz CT molecular complexity index is 285. The SMILES string of the molecule is CON(C)C(=O)c1sccc1N. The number of hydroxylamine groups is 2. The molecule has 1 amide bonds. The molecule has 0 fully saturated rings. The molecule has 0 saturated heterocycles. The van der Waals surface area contributed by atoms with Gasteiger partial charge >= 0.3 is 0 Å². The molecule has 0 saturated carbocycles. The molecule has 0 unspecified atom stereocenters. The summed E-state index contributed by atoms with van der Waals surface area (Å²) in [6.45, 7) is 0. The van der Waals surface area contributed by atoms with Crippen LogP contribution in [0.1, 0.15) is 9.67 Å². The molecule has 12 heavy (non-hydrogen) atoms. The zero-order chi connectivity index (χ0) is 9.14. The van der Waals surface area contributed by atoms with E-state index in [0.29, 0.717) is 10.6 Å². The summed E-state index contributed by atoms with van der Waals surface area (Å²) in [6, 6.07) is 1.70. The number of thiophene rings is 1. The van der Waals surface area contributed by atoms with Crippen molar-refractivity contribution in [2.75, 3.05) is 19.9 Å². The van der Waals surface area contributed by atoms with Crippen LogP contribution in [0, 0.1) is 0 Å². The topological polar surface area (TPSA) is 55.6 Å².